The van der Waals surface area contributed by atoms with E-state index < -0.39 is 10.0 Å². The summed E-state index contributed by atoms with van der Waals surface area (Å²) in [5.41, 5.74) is 0.422. The Hall–Kier alpha value is -0.880. The molecule has 0 aliphatic heterocycles. The quantitative estimate of drug-likeness (QED) is 0.898. The van der Waals surface area contributed by atoms with Crippen molar-refractivity contribution < 1.29 is 12.9 Å². The van der Waals surface area contributed by atoms with E-state index >= 15 is 0 Å². The van der Waals surface area contributed by atoms with Gasteiger partial charge in [-0.05, 0) is 26.7 Å². The van der Waals surface area contributed by atoms with Crippen LogP contribution in [0.4, 0.5) is 0 Å². The van der Waals surface area contributed by atoms with Crippen LogP contribution in [-0.2, 0) is 10.0 Å². The van der Waals surface area contributed by atoms with Gasteiger partial charge in [-0.2, -0.15) is 0 Å². The molecule has 1 saturated carbocycles. The molecule has 1 aliphatic rings. The molecule has 1 N–H and O–H groups in total. The lowest BCUT2D eigenvalue weighted by molar-refractivity contribution is 0.390. The van der Waals surface area contributed by atoms with Gasteiger partial charge >= 0.3 is 0 Å². The Morgan fingerprint density at radius 1 is 1.24 bits per heavy atom. The van der Waals surface area contributed by atoms with E-state index in [9.17, 15) is 8.42 Å². The molecule has 5 nitrogen and oxygen atoms in total. The van der Waals surface area contributed by atoms with Crippen molar-refractivity contribution >= 4 is 10.0 Å². The molecule has 0 bridgehead atoms. The Morgan fingerprint density at radius 2 is 1.88 bits per heavy atom. The first-order valence-electron chi connectivity index (χ1n) is 5.96. The standard InChI is InChI=1S/C11H18N2O3S/c1-8-11(9(2)16-12-8)17(14,15)13-10-6-4-3-5-7-10/h10,13H,3-7H2,1-2H3. The molecular weight excluding hydrogens is 240 g/mol. The van der Waals surface area contributed by atoms with Crippen LogP contribution in [0.1, 0.15) is 43.6 Å². The first-order valence-corrected chi connectivity index (χ1v) is 7.44. The van der Waals surface area contributed by atoms with Crippen molar-refractivity contribution in [1.82, 2.24) is 9.88 Å². The molecule has 0 unspecified atom stereocenters. The van der Waals surface area contributed by atoms with E-state index in [2.05, 4.69) is 9.88 Å². The highest BCUT2D eigenvalue weighted by atomic mass is 32.2. The van der Waals surface area contributed by atoms with Gasteiger partial charge in [-0.25, -0.2) is 13.1 Å². The number of hydrogen-bond donors (Lipinski definition) is 1. The second-order valence-electron chi connectivity index (χ2n) is 4.61. The summed E-state index contributed by atoms with van der Waals surface area (Å²) in [6.45, 7) is 3.27. The molecule has 2 rings (SSSR count). The fraction of sp³-hybridized carbons (Fsp3) is 0.727. The van der Waals surface area contributed by atoms with E-state index in [0.717, 1.165) is 25.7 Å². The van der Waals surface area contributed by atoms with Crippen molar-refractivity contribution in [2.24, 2.45) is 0 Å². The van der Waals surface area contributed by atoms with E-state index in [4.69, 9.17) is 4.52 Å². The molecule has 0 radical (unpaired) electrons. The third kappa shape index (κ3) is 2.69. The zero-order valence-electron chi connectivity index (χ0n) is 10.2. The zero-order chi connectivity index (χ0) is 12.5. The first-order chi connectivity index (χ1) is 8.00. The van der Waals surface area contributed by atoms with Crippen molar-refractivity contribution in [2.75, 3.05) is 0 Å². The van der Waals surface area contributed by atoms with Gasteiger partial charge < -0.3 is 4.52 Å². The topological polar surface area (TPSA) is 72.2 Å². The summed E-state index contributed by atoms with van der Waals surface area (Å²) in [5, 5.41) is 3.68. The minimum atomic E-state index is -3.48. The van der Waals surface area contributed by atoms with Crippen LogP contribution in [0.15, 0.2) is 9.42 Å². The fourth-order valence-electron chi connectivity index (χ4n) is 2.36. The molecule has 0 aromatic carbocycles. The van der Waals surface area contributed by atoms with Crippen LogP contribution in [0.2, 0.25) is 0 Å². The van der Waals surface area contributed by atoms with Gasteiger partial charge in [0, 0.05) is 6.04 Å². The molecule has 1 aromatic rings. The van der Waals surface area contributed by atoms with Crippen LogP contribution >= 0.6 is 0 Å². The van der Waals surface area contributed by atoms with Crippen LogP contribution in [-0.4, -0.2) is 19.6 Å². The van der Waals surface area contributed by atoms with Crippen molar-refractivity contribution in [3.63, 3.8) is 0 Å². The van der Waals surface area contributed by atoms with E-state index in [1.54, 1.807) is 13.8 Å². The molecule has 0 spiro atoms. The Kier molecular flexibility index (Phi) is 3.53. The third-order valence-corrected chi connectivity index (χ3v) is 4.93. The van der Waals surface area contributed by atoms with E-state index in [-0.39, 0.29) is 10.9 Å². The van der Waals surface area contributed by atoms with Crippen LogP contribution in [0, 0.1) is 13.8 Å². The van der Waals surface area contributed by atoms with Gasteiger partial charge in [0.15, 0.2) is 5.76 Å². The second-order valence-corrected chi connectivity index (χ2v) is 6.26. The van der Waals surface area contributed by atoms with Gasteiger partial charge in [-0.15, -0.1) is 0 Å². The summed E-state index contributed by atoms with van der Waals surface area (Å²) in [6, 6.07) is 0.0578. The van der Waals surface area contributed by atoms with Gasteiger partial charge in [0.25, 0.3) is 0 Å². The lowest BCUT2D eigenvalue weighted by atomic mass is 9.96. The molecule has 0 amide bonds. The predicted molar refractivity (Wildman–Crippen MR) is 63.2 cm³/mol. The summed E-state index contributed by atoms with van der Waals surface area (Å²) in [4.78, 5) is 0.197. The number of nitrogens with zero attached hydrogens (tertiary/aromatic N) is 1. The van der Waals surface area contributed by atoms with Crippen LogP contribution in [0.3, 0.4) is 0 Å². The molecule has 0 atom stereocenters. The van der Waals surface area contributed by atoms with Gasteiger partial charge in [-0.1, -0.05) is 24.4 Å². The molecule has 1 aliphatic carbocycles. The number of rotatable bonds is 3. The molecule has 17 heavy (non-hydrogen) atoms. The van der Waals surface area contributed by atoms with Crippen molar-refractivity contribution in [3.8, 4) is 0 Å². The lowest BCUT2D eigenvalue weighted by Gasteiger charge is -2.22. The summed E-state index contributed by atoms with van der Waals surface area (Å²) in [7, 11) is -3.48. The number of sulfonamides is 1. The van der Waals surface area contributed by atoms with Gasteiger partial charge in [-0.3, -0.25) is 0 Å². The Balaban J connectivity index is 2.19. The number of hydrogen-bond acceptors (Lipinski definition) is 4. The minimum Gasteiger partial charge on any atom is -0.360 e. The molecule has 96 valence electrons. The van der Waals surface area contributed by atoms with Gasteiger partial charge in [0.05, 0.1) is 0 Å². The molecule has 1 fully saturated rings. The predicted octanol–water partition coefficient (Wildman–Crippen LogP) is 1.90. The van der Waals surface area contributed by atoms with E-state index in [0.29, 0.717) is 11.5 Å². The van der Waals surface area contributed by atoms with Gasteiger partial charge in [0.1, 0.15) is 10.6 Å². The Morgan fingerprint density at radius 3 is 2.41 bits per heavy atom. The molecule has 0 saturated heterocycles. The highest BCUT2D eigenvalue weighted by molar-refractivity contribution is 7.89. The van der Waals surface area contributed by atoms with Crippen molar-refractivity contribution in [2.45, 2.75) is 56.9 Å². The first kappa shape index (κ1) is 12.6. The molecule has 1 heterocycles. The lowest BCUT2D eigenvalue weighted by Crippen LogP contribution is -2.36. The normalized spacial score (nSPS) is 18.5. The van der Waals surface area contributed by atoms with Crippen LogP contribution in [0.5, 0.6) is 0 Å². The maximum absolute atomic E-state index is 12.2. The van der Waals surface area contributed by atoms with Crippen LogP contribution in [0.25, 0.3) is 0 Å². The molecular formula is C11H18N2O3S. The monoisotopic (exact) mass is 258 g/mol. The van der Waals surface area contributed by atoms with E-state index in [1.807, 2.05) is 0 Å². The second kappa shape index (κ2) is 4.78. The number of nitrogens with one attached hydrogen (secondary N) is 1. The van der Waals surface area contributed by atoms with Crippen molar-refractivity contribution in [1.29, 1.82) is 0 Å². The maximum atomic E-state index is 12.2. The van der Waals surface area contributed by atoms with Gasteiger partial charge in [0.2, 0.25) is 10.0 Å². The highest BCUT2D eigenvalue weighted by Crippen LogP contribution is 2.23. The molecule has 6 heteroatoms. The smallest absolute Gasteiger partial charge is 0.246 e. The van der Waals surface area contributed by atoms with E-state index in [1.165, 1.54) is 6.42 Å². The summed E-state index contributed by atoms with van der Waals surface area (Å²) < 4.78 is 32.0. The number of aromatic nitrogens is 1. The Labute approximate surface area is 102 Å². The fourth-order valence-corrected chi connectivity index (χ4v) is 3.99. The van der Waals surface area contributed by atoms with Crippen LogP contribution < -0.4 is 4.72 Å². The molecule has 1 aromatic heterocycles. The SMILES string of the molecule is Cc1noc(C)c1S(=O)(=O)NC1CCCCC1. The largest absolute Gasteiger partial charge is 0.360 e. The zero-order valence-corrected chi connectivity index (χ0v) is 11.0. The third-order valence-electron chi connectivity index (χ3n) is 3.16. The maximum Gasteiger partial charge on any atom is 0.246 e. The average molecular weight is 258 g/mol. The summed E-state index contributed by atoms with van der Waals surface area (Å²) >= 11 is 0. The van der Waals surface area contributed by atoms with Crippen molar-refractivity contribution in [3.05, 3.63) is 11.5 Å². The summed E-state index contributed by atoms with van der Waals surface area (Å²) in [5.74, 6) is 0.353. The average Bonchev–Trinajstić information content (AvgIpc) is 2.59. The Bertz CT molecular complexity index is 467. The minimum absolute atomic E-state index is 0.0578. The highest BCUT2D eigenvalue weighted by Gasteiger charge is 2.27. The number of aryl methyl sites for hydroxylation is 2. The summed E-state index contributed by atoms with van der Waals surface area (Å²) in [6.07, 6.45) is 5.22.